The van der Waals surface area contributed by atoms with Crippen molar-refractivity contribution in [2.75, 3.05) is 18.5 Å². The lowest BCUT2D eigenvalue weighted by atomic mass is 10.1. The largest absolute Gasteiger partial charge is 0.366 e. The number of nitrogens with one attached hydrogen (secondary N) is 1. The molecule has 0 bridgehead atoms. The van der Waals surface area contributed by atoms with Crippen LogP contribution in [0.4, 0.5) is 24.5 Å². The van der Waals surface area contributed by atoms with Gasteiger partial charge in [-0.15, -0.1) is 0 Å². The molecule has 0 unspecified atom stereocenters. The molecule has 1 aliphatic heterocycles. The molecule has 0 saturated carbocycles. The topological polar surface area (TPSA) is 73.6 Å². The molecule has 2 aromatic rings. The van der Waals surface area contributed by atoms with Gasteiger partial charge in [-0.05, 0) is 46.9 Å². The van der Waals surface area contributed by atoms with E-state index in [1.807, 2.05) is 22.6 Å². The molecule has 9 heteroatoms. The molecule has 2 aromatic carbocycles. The van der Waals surface area contributed by atoms with E-state index in [0.29, 0.717) is 3.57 Å². The van der Waals surface area contributed by atoms with Crippen LogP contribution in [0.15, 0.2) is 24.3 Å². The van der Waals surface area contributed by atoms with Gasteiger partial charge in [-0.2, -0.15) is 0 Å². The SMILES string of the molecule is NC(=O)c1cc(C2OCCO2)c(F)c(F)c1Nc1ccc(I)cc1F. The van der Waals surface area contributed by atoms with E-state index in [1.54, 1.807) is 6.07 Å². The molecule has 0 atom stereocenters. The molecule has 1 amide bonds. The van der Waals surface area contributed by atoms with Crippen molar-refractivity contribution >= 4 is 39.9 Å². The number of hydrogen-bond donors (Lipinski definition) is 2. The fourth-order valence-electron chi connectivity index (χ4n) is 2.40. The summed E-state index contributed by atoms with van der Waals surface area (Å²) in [6, 6.07) is 5.16. The average Bonchev–Trinajstić information content (AvgIpc) is 3.08. The Balaban J connectivity index is 2.08. The molecule has 0 aliphatic carbocycles. The Morgan fingerprint density at radius 3 is 2.44 bits per heavy atom. The standard InChI is InChI=1S/C16H12F3IN2O3/c17-10-5-7(20)1-2-11(10)22-14-9(15(21)23)6-8(12(18)13(14)19)16-24-3-4-25-16/h1-2,5-6,16,22H,3-4H2,(H2,21,23). The van der Waals surface area contributed by atoms with E-state index >= 15 is 0 Å². The van der Waals surface area contributed by atoms with Crippen LogP contribution in [0.5, 0.6) is 0 Å². The van der Waals surface area contributed by atoms with Gasteiger partial charge in [0, 0.05) is 9.13 Å². The molecule has 3 N–H and O–H groups in total. The zero-order valence-electron chi connectivity index (χ0n) is 12.6. The minimum Gasteiger partial charge on any atom is -0.366 e. The molecule has 25 heavy (non-hydrogen) atoms. The van der Waals surface area contributed by atoms with Gasteiger partial charge >= 0.3 is 0 Å². The van der Waals surface area contributed by atoms with Crippen LogP contribution in [0.1, 0.15) is 22.2 Å². The van der Waals surface area contributed by atoms with Crippen molar-refractivity contribution in [1.82, 2.24) is 0 Å². The second-order valence-electron chi connectivity index (χ2n) is 5.20. The van der Waals surface area contributed by atoms with Crippen LogP contribution in [-0.4, -0.2) is 19.1 Å². The first-order valence-corrected chi connectivity index (χ1v) is 8.23. The summed E-state index contributed by atoms with van der Waals surface area (Å²) in [5.41, 5.74) is 3.98. The molecular formula is C16H12F3IN2O3. The lowest BCUT2D eigenvalue weighted by Crippen LogP contribution is -2.17. The Kier molecular flexibility index (Phi) is 5.16. The van der Waals surface area contributed by atoms with E-state index in [1.165, 1.54) is 12.1 Å². The number of hydrogen-bond acceptors (Lipinski definition) is 4. The van der Waals surface area contributed by atoms with E-state index in [-0.39, 0.29) is 30.0 Å². The monoisotopic (exact) mass is 464 g/mol. The number of ether oxygens (including phenoxy) is 2. The number of carbonyl (C=O) groups is 1. The number of primary amides is 1. The van der Waals surface area contributed by atoms with Gasteiger partial charge in [0.25, 0.3) is 5.91 Å². The summed E-state index contributed by atoms with van der Waals surface area (Å²) in [4.78, 5) is 11.7. The first-order chi connectivity index (χ1) is 11.9. The van der Waals surface area contributed by atoms with Crippen LogP contribution < -0.4 is 11.1 Å². The van der Waals surface area contributed by atoms with Crippen LogP contribution in [-0.2, 0) is 9.47 Å². The third-order valence-corrected chi connectivity index (χ3v) is 4.24. The van der Waals surface area contributed by atoms with Gasteiger partial charge in [-0.1, -0.05) is 0 Å². The molecular weight excluding hydrogens is 452 g/mol. The molecule has 132 valence electrons. The molecule has 5 nitrogen and oxygen atoms in total. The Morgan fingerprint density at radius 1 is 1.16 bits per heavy atom. The van der Waals surface area contributed by atoms with Crippen molar-refractivity contribution in [1.29, 1.82) is 0 Å². The van der Waals surface area contributed by atoms with Gasteiger partial charge in [0.05, 0.1) is 30.2 Å². The van der Waals surface area contributed by atoms with Crippen LogP contribution in [0.25, 0.3) is 0 Å². The maximum atomic E-state index is 14.6. The Morgan fingerprint density at radius 2 is 1.84 bits per heavy atom. The summed E-state index contributed by atoms with van der Waals surface area (Å²) in [6.07, 6.45) is -1.13. The summed E-state index contributed by atoms with van der Waals surface area (Å²) in [5, 5.41) is 2.40. The normalized spacial score (nSPS) is 14.7. The van der Waals surface area contributed by atoms with E-state index < -0.39 is 35.3 Å². The average molecular weight is 464 g/mol. The number of benzene rings is 2. The maximum Gasteiger partial charge on any atom is 0.250 e. The van der Waals surface area contributed by atoms with E-state index in [4.69, 9.17) is 15.2 Å². The van der Waals surface area contributed by atoms with Crippen molar-refractivity contribution in [2.45, 2.75) is 6.29 Å². The number of anilines is 2. The summed E-state index contributed by atoms with van der Waals surface area (Å²) in [5.74, 6) is -4.33. The number of amides is 1. The first kappa shape index (κ1) is 18.0. The quantitative estimate of drug-likeness (QED) is 0.679. The third kappa shape index (κ3) is 3.58. The van der Waals surface area contributed by atoms with E-state index in [9.17, 15) is 18.0 Å². The van der Waals surface area contributed by atoms with Crippen molar-refractivity contribution in [2.24, 2.45) is 5.73 Å². The first-order valence-electron chi connectivity index (χ1n) is 7.15. The predicted octanol–water partition coefficient (Wildman–Crippen LogP) is 3.60. The molecule has 3 rings (SSSR count). The van der Waals surface area contributed by atoms with Gasteiger partial charge in [0.15, 0.2) is 17.9 Å². The van der Waals surface area contributed by atoms with E-state index in [0.717, 1.165) is 6.07 Å². The zero-order chi connectivity index (χ0) is 18.1. The zero-order valence-corrected chi connectivity index (χ0v) is 14.8. The number of rotatable bonds is 4. The lowest BCUT2D eigenvalue weighted by molar-refractivity contribution is -0.0468. The summed E-state index contributed by atoms with van der Waals surface area (Å²) < 4.78 is 53.8. The van der Waals surface area contributed by atoms with Crippen molar-refractivity contribution in [3.8, 4) is 0 Å². The smallest absolute Gasteiger partial charge is 0.250 e. The van der Waals surface area contributed by atoms with Gasteiger partial charge in [0.1, 0.15) is 5.82 Å². The maximum absolute atomic E-state index is 14.6. The Bertz CT molecular complexity index is 842. The van der Waals surface area contributed by atoms with Crippen LogP contribution in [0.3, 0.4) is 0 Å². The van der Waals surface area contributed by atoms with Crippen molar-refractivity contribution < 1.29 is 27.4 Å². The van der Waals surface area contributed by atoms with Gasteiger partial charge in [-0.3, -0.25) is 4.79 Å². The predicted molar refractivity (Wildman–Crippen MR) is 91.9 cm³/mol. The highest BCUT2D eigenvalue weighted by Crippen LogP contribution is 2.34. The minimum absolute atomic E-state index is 0.123. The fraction of sp³-hybridized carbons (Fsp3) is 0.188. The molecule has 1 aliphatic rings. The molecule has 1 heterocycles. The van der Waals surface area contributed by atoms with Gasteiger partial charge in [0.2, 0.25) is 0 Å². The minimum atomic E-state index is -1.37. The number of nitrogens with two attached hydrogens (primary N) is 1. The van der Waals surface area contributed by atoms with Gasteiger partial charge < -0.3 is 20.5 Å². The molecule has 0 aromatic heterocycles. The van der Waals surface area contributed by atoms with Crippen molar-refractivity contribution in [3.63, 3.8) is 0 Å². The van der Waals surface area contributed by atoms with Gasteiger partial charge in [-0.25, -0.2) is 13.2 Å². The van der Waals surface area contributed by atoms with Crippen LogP contribution in [0.2, 0.25) is 0 Å². The van der Waals surface area contributed by atoms with E-state index in [2.05, 4.69) is 5.32 Å². The lowest BCUT2D eigenvalue weighted by Gasteiger charge is -2.17. The third-order valence-electron chi connectivity index (χ3n) is 3.57. The number of halogens is 4. The number of carbonyl (C=O) groups excluding carboxylic acids is 1. The Hall–Kier alpha value is -1.85. The van der Waals surface area contributed by atoms with Crippen molar-refractivity contribution in [3.05, 3.63) is 56.4 Å². The molecule has 0 spiro atoms. The van der Waals surface area contributed by atoms with Crippen LogP contribution >= 0.6 is 22.6 Å². The summed E-state index contributed by atoms with van der Waals surface area (Å²) in [6.45, 7) is 0.428. The highest BCUT2D eigenvalue weighted by atomic mass is 127. The summed E-state index contributed by atoms with van der Waals surface area (Å²) in [7, 11) is 0. The molecule has 1 saturated heterocycles. The summed E-state index contributed by atoms with van der Waals surface area (Å²) >= 11 is 1.90. The Labute approximate surface area is 154 Å². The highest BCUT2D eigenvalue weighted by Gasteiger charge is 2.29. The molecule has 1 fully saturated rings. The second-order valence-corrected chi connectivity index (χ2v) is 6.45. The second kappa shape index (κ2) is 7.18. The molecule has 0 radical (unpaired) electrons. The highest BCUT2D eigenvalue weighted by molar-refractivity contribution is 14.1. The van der Waals surface area contributed by atoms with Crippen LogP contribution in [0, 0.1) is 21.0 Å². The fourth-order valence-corrected chi connectivity index (χ4v) is 2.85.